The summed E-state index contributed by atoms with van der Waals surface area (Å²) in [6, 6.07) is 5.01. The Bertz CT molecular complexity index is 502. The first kappa shape index (κ1) is 12.0. The number of ketones is 1. The molecular weight excluding hydrogens is 263 g/mol. The molecule has 0 saturated heterocycles. The number of hydrogen-bond donors (Lipinski definition) is 0. The Morgan fingerprint density at radius 3 is 2.76 bits per heavy atom. The molecule has 1 aromatic rings. The minimum absolute atomic E-state index is 0.0970. The van der Waals surface area contributed by atoms with E-state index < -0.39 is 0 Å². The zero-order valence-corrected chi connectivity index (χ0v) is 10.2. The van der Waals surface area contributed by atoms with E-state index in [-0.39, 0.29) is 17.1 Å². The topological polar surface area (TPSA) is 35.5 Å². The molecule has 0 unspecified atom stereocenters. The summed E-state index contributed by atoms with van der Waals surface area (Å²) in [6.07, 6.45) is 4.29. The highest BCUT2D eigenvalue weighted by Gasteiger charge is 2.14. The van der Waals surface area contributed by atoms with Gasteiger partial charge in [-0.25, -0.2) is 0 Å². The SMILES string of the molecule is O=C(/C=C/C=C(Cl)Cl)c1ccc2c(c1)OCO2. The molecule has 0 bridgehead atoms. The van der Waals surface area contributed by atoms with Crippen LogP contribution in [-0.4, -0.2) is 12.6 Å². The van der Waals surface area contributed by atoms with Crippen molar-refractivity contribution in [1.29, 1.82) is 0 Å². The van der Waals surface area contributed by atoms with Crippen molar-refractivity contribution < 1.29 is 14.3 Å². The van der Waals surface area contributed by atoms with Crippen molar-refractivity contribution >= 4 is 29.0 Å². The second-order valence-corrected chi connectivity index (χ2v) is 4.26. The van der Waals surface area contributed by atoms with Crippen LogP contribution in [-0.2, 0) is 0 Å². The molecule has 1 aliphatic heterocycles. The molecule has 0 atom stereocenters. The van der Waals surface area contributed by atoms with Crippen molar-refractivity contribution in [2.24, 2.45) is 0 Å². The Balaban J connectivity index is 2.15. The van der Waals surface area contributed by atoms with Crippen LogP contribution in [0.5, 0.6) is 11.5 Å². The second kappa shape index (κ2) is 5.25. The van der Waals surface area contributed by atoms with Crippen LogP contribution in [0.3, 0.4) is 0 Å². The number of halogens is 2. The Morgan fingerprint density at radius 1 is 1.24 bits per heavy atom. The third-order valence-corrected chi connectivity index (χ3v) is 2.38. The van der Waals surface area contributed by atoms with Crippen LogP contribution in [0, 0.1) is 0 Å². The monoisotopic (exact) mass is 270 g/mol. The van der Waals surface area contributed by atoms with Crippen LogP contribution < -0.4 is 9.47 Å². The number of carbonyl (C=O) groups is 1. The molecule has 0 radical (unpaired) electrons. The lowest BCUT2D eigenvalue weighted by molar-refractivity contribution is 0.104. The summed E-state index contributed by atoms with van der Waals surface area (Å²) in [6.45, 7) is 0.188. The van der Waals surface area contributed by atoms with E-state index in [1.807, 2.05) is 0 Å². The quantitative estimate of drug-likeness (QED) is 0.479. The molecule has 0 amide bonds. The predicted octanol–water partition coefficient (Wildman–Crippen LogP) is 3.47. The van der Waals surface area contributed by atoms with Gasteiger partial charge in [-0.15, -0.1) is 0 Å². The third-order valence-electron chi connectivity index (χ3n) is 2.13. The number of ether oxygens (including phenoxy) is 2. The van der Waals surface area contributed by atoms with Gasteiger partial charge in [0.25, 0.3) is 0 Å². The van der Waals surface area contributed by atoms with E-state index in [1.54, 1.807) is 18.2 Å². The van der Waals surface area contributed by atoms with Gasteiger partial charge in [-0.3, -0.25) is 4.79 Å². The average molecular weight is 271 g/mol. The normalized spacial score (nSPS) is 12.8. The van der Waals surface area contributed by atoms with Crippen molar-refractivity contribution in [3.8, 4) is 11.5 Å². The van der Waals surface area contributed by atoms with E-state index in [0.717, 1.165) is 0 Å². The Kier molecular flexibility index (Phi) is 3.71. The van der Waals surface area contributed by atoms with Gasteiger partial charge >= 0.3 is 0 Å². The van der Waals surface area contributed by atoms with Crippen LogP contribution in [0.15, 0.2) is 40.9 Å². The molecule has 0 spiro atoms. The van der Waals surface area contributed by atoms with E-state index in [4.69, 9.17) is 32.7 Å². The van der Waals surface area contributed by atoms with Gasteiger partial charge < -0.3 is 9.47 Å². The molecule has 0 saturated carbocycles. The maximum absolute atomic E-state index is 11.7. The van der Waals surface area contributed by atoms with E-state index in [1.165, 1.54) is 18.2 Å². The van der Waals surface area contributed by atoms with E-state index in [2.05, 4.69) is 0 Å². The van der Waals surface area contributed by atoms with Gasteiger partial charge in [-0.1, -0.05) is 29.3 Å². The van der Waals surface area contributed by atoms with Gasteiger partial charge in [-0.05, 0) is 30.4 Å². The van der Waals surface area contributed by atoms with Gasteiger partial charge in [0.15, 0.2) is 17.3 Å². The van der Waals surface area contributed by atoms with Crippen LogP contribution in [0.1, 0.15) is 10.4 Å². The van der Waals surface area contributed by atoms with E-state index in [9.17, 15) is 4.79 Å². The summed E-state index contributed by atoms with van der Waals surface area (Å²) in [5, 5.41) is 0. The Morgan fingerprint density at radius 2 is 2.00 bits per heavy atom. The first-order chi connectivity index (χ1) is 8.16. The van der Waals surface area contributed by atoms with Crippen LogP contribution in [0.25, 0.3) is 0 Å². The standard InChI is InChI=1S/C12H8Cl2O3/c13-12(14)3-1-2-9(15)8-4-5-10-11(6-8)17-7-16-10/h1-6H,7H2/b2-1+. The molecule has 1 heterocycles. The molecule has 0 aliphatic carbocycles. The molecular formula is C12H8Cl2O3. The molecule has 17 heavy (non-hydrogen) atoms. The zero-order valence-electron chi connectivity index (χ0n) is 8.65. The fourth-order valence-electron chi connectivity index (χ4n) is 1.35. The average Bonchev–Trinajstić information content (AvgIpc) is 2.75. The lowest BCUT2D eigenvalue weighted by Gasteiger charge is -1.98. The highest BCUT2D eigenvalue weighted by atomic mass is 35.5. The number of carbonyl (C=O) groups excluding carboxylic acids is 1. The summed E-state index contributed by atoms with van der Waals surface area (Å²) < 4.78 is 10.4. The summed E-state index contributed by atoms with van der Waals surface area (Å²) in [7, 11) is 0. The minimum atomic E-state index is -0.158. The van der Waals surface area contributed by atoms with E-state index >= 15 is 0 Å². The highest BCUT2D eigenvalue weighted by Crippen LogP contribution is 2.32. The fraction of sp³-hybridized carbons (Fsp3) is 0.0833. The number of rotatable bonds is 3. The van der Waals surface area contributed by atoms with Gasteiger partial charge in [0.2, 0.25) is 6.79 Å². The van der Waals surface area contributed by atoms with Crippen molar-refractivity contribution in [2.75, 3.05) is 6.79 Å². The van der Waals surface area contributed by atoms with Gasteiger partial charge in [0.05, 0.1) is 0 Å². The Labute approximate surface area is 108 Å². The van der Waals surface area contributed by atoms with Crippen LogP contribution in [0.4, 0.5) is 0 Å². The van der Waals surface area contributed by atoms with Crippen molar-refractivity contribution in [1.82, 2.24) is 0 Å². The number of benzene rings is 1. The molecule has 1 aromatic carbocycles. The van der Waals surface area contributed by atoms with Crippen molar-refractivity contribution in [3.05, 3.63) is 46.5 Å². The molecule has 0 aromatic heterocycles. The molecule has 3 nitrogen and oxygen atoms in total. The summed E-state index contributed by atoms with van der Waals surface area (Å²) in [5.41, 5.74) is 0.518. The van der Waals surface area contributed by atoms with E-state index in [0.29, 0.717) is 17.1 Å². The summed E-state index contributed by atoms with van der Waals surface area (Å²) in [5.74, 6) is 1.07. The van der Waals surface area contributed by atoms with Gasteiger partial charge in [-0.2, -0.15) is 0 Å². The molecule has 0 N–H and O–H groups in total. The zero-order chi connectivity index (χ0) is 12.3. The number of fused-ring (bicyclic) bond motifs is 1. The molecule has 0 fully saturated rings. The lowest BCUT2D eigenvalue weighted by Crippen LogP contribution is -1.94. The summed E-state index contributed by atoms with van der Waals surface area (Å²) >= 11 is 10.8. The first-order valence-corrected chi connectivity index (χ1v) is 5.56. The highest BCUT2D eigenvalue weighted by molar-refractivity contribution is 6.56. The van der Waals surface area contributed by atoms with Gasteiger partial charge in [0.1, 0.15) is 4.49 Å². The lowest BCUT2D eigenvalue weighted by atomic mass is 10.1. The molecule has 1 aliphatic rings. The molecule has 2 rings (SSSR count). The first-order valence-electron chi connectivity index (χ1n) is 4.80. The minimum Gasteiger partial charge on any atom is -0.454 e. The predicted molar refractivity (Wildman–Crippen MR) is 65.8 cm³/mol. The van der Waals surface area contributed by atoms with Crippen LogP contribution in [0.2, 0.25) is 0 Å². The van der Waals surface area contributed by atoms with Crippen molar-refractivity contribution in [2.45, 2.75) is 0 Å². The van der Waals surface area contributed by atoms with Crippen LogP contribution >= 0.6 is 23.2 Å². The maximum Gasteiger partial charge on any atom is 0.231 e. The number of hydrogen-bond acceptors (Lipinski definition) is 3. The molecule has 88 valence electrons. The van der Waals surface area contributed by atoms with Gasteiger partial charge in [0, 0.05) is 5.56 Å². The number of allylic oxidation sites excluding steroid dienone is 3. The van der Waals surface area contributed by atoms with Crippen molar-refractivity contribution in [3.63, 3.8) is 0 Å². The Hall–Kier alpha value is -1.45. The second-order valence-electron chi connectivity index (χ2n) is 3.25. The summed E-state index contributed by atoms with van der Waals surface area (Å²) in [4.78, 5) is 11.7. The smallest absolute Gasteiger partial charge is 0.231 e. The maximum atomic E-state index is 11.7. The molecule has 5 heteroatoms. The largest absolute Gasteiger partial charge is 0.454 e. The third kappa shape index (κ3) is 3.02. The fourth-order valence-corrected chi connectivity index (χ4v) is 1.50.